The molecule has 1 fully saturated rings. The molecule has 4 nitrogen and oxygen atoms in total. The Morgan fingerprint density at radius 2 is 2.17 bits per heavy atom. The summed E-state index contributed by atoms with van der Waals surface area (Å²) in [5.74, 6) is 1.92. The van der Waals surface area contributed by atoms with Crippen LogP contribution in [-0.4, -0.2) is 34.3 Å². The number of aromatic nitrogens is 2. The average Bonchev–Trinajstić information content (AvgIpc) is 2.98. The normalized spacial score (nSPS) is 20.6. The van der Waals surface area contributed by atoms with Gasteiger partial charge >= 0.3 is 0 Å². The van der Waals surface area contributed by atoms with E-state index in [-0.39, 0.29) is 5.78 Å². The lowest BCUT2D eigenvalue weighted by atomic mass is 10.2. The fourth-order valence-corrected chi connectivity index (χ4v) is 2.61. The molecular formula is C14H19N3O. The Hall–Kier alpha value is -1.58. The summed E-state index contributed by atoms with van der Waals surface area (Å²) < 4.78 is 2.13. The third-order valence-electron chi connectivity index (χ3n) is 3.65. The van der Waals surface area contributed by atoms with Crippen LogP contribution in [0.2, 0.25) is 0 Å². The Kier molecular flexibility index (Phi) is 2.54. The highest BCUT2D eigenvalue weighted by Crippen LogP contribution is 2.34. The summed E-state index contributed by atoms with van der Waals surface area (Å²) >= 11 is 0. The van der Waals surface area contributed by atoms with Crippen molar-refractivity contribution in [1.29, 1.82) is 0 Å². The molecule has 4 heteroatoms. The van der Waals surface area contributed by atoms with Crippen molar-refractivity contribution in [2.75, 3.05) is 14.1 Å². The lowest BCUT2D eigenvalue weighted by Gasteiger charge is -2.09. The van der Waals surface area contributed by atoms with Gasteiger partial charge in [-0.3, -0.25) is 4.79 Å². The Morgan fingerprint density at radius 1 is 1.44 bits per heavy atom. The predicted octanol–water partition coefficient (Wildman–Crippen LogP) is 1.79. The van der Waals surface area contributed by atoms with Crippen molar-refractivity contribution in [2.24, 2.45) is 5.92 Å². The van der Waals surface area contributed by atoms with Gasteiger partial charge in [0.05, 0.1) is 5.69 Å². The molecule has 1 aromatic heterocycles. The summed E-state index contributed by atoms with van der Waals surface area (Å²) in [4.78, 5) is 18.9. The smallest absolute Gasteiger partial charge is 0.209 e. The quantitative estimate of drug-likeness (QED) is 0.762. The maximum absolute atomic E-state index is 12.4. The van der Waals surface area contributed by atoms with Crippen molar-refractivity contribution >= 4 is 5.78 Å². The van der Waals surface area contributed by atoms with Crippen LogP contribution in [0.15, 0.2) is 11.8 Å². The molecule has 0 radical (unpaired) electrons. The van der Waals surface area contributed by atoms with Gasteiger partial charge in [0.1, 0.15) is 11.5 Å². The van der Waals surface area contributed by atoms with E-state index in [0.29, 0.717) is 6.42 Å². The molecule has 1 saturated carbocycles. The highest BCUT2D eigenvalue weighted by Gasteiger charge is 2.33. The van der Waals surface area contributed by atoms with Crippen molar-refractivity contribution in [3.8, 4) is 0 Å². The molecule has 96 valence electrons. The molecule has 3 rings (SSSR count). The van der Waals surface area contributed by atoms with Crippen molar-refractivity contribution in [3.05, 3.63) is 29.0 Å². The number of allylic oxidation sites excluding steroid dienone is 1. The number of rotatable bonds is 3. The maximum atomic E-state index is 12.4. The fraction of sp³-hybridized carbons (Fsp3) is 0.571. The number of fused-ring (bicyclic) bond motifs is 1. The first-order valence-corrected chi connectivity index (χ1v) is 6.54. The lowest BCUT2D eigenvalue weighted by Crippen LogP contribution is -2.12. The first kappa shape index (κ1) is 11.5. The van der Waals surface area contributed by atoms with E-state index in [0.717, 1.165) is 35.2 Å². The van der Waals surface area contributed by atoms with Crippen LogP contribution in [0.5, 0.6) is 0 Å². The standard InChI is InChI=1S/C14H19N3O/c1-9-15-12-6-11(8-16(2)3)14(18)13(12)17(9)7-10-4-5-10/h8,10H,4-7H2,1-3H3/b11-8+. The Labute approximate surface area is 107 Å². The summed E-state index contributed by atoms with van der Waals surface area (Å²) in [6.07, 6.45) is 5.19. The third kappa shape index (κ3) is 1.85. The SMILES string of the molecule is Cc1nc2c(n1CC1CC1)C(=O)/C(=C/N(C)C)C2. The zero-order valence-corrected chi connectivity index (χ0v) is 11.2. The molecule has 18 heavy (non-hydrogen) atoms. The van der Waals surface area contributed by atoms with Crippen LogP contribution < -0.4 is 0 Å². The molecule has 0 spiro atoms. The van der Waals surface area contributed by atoms with Crippen LogP contribution >= 0.6 is 0 Å². The van der Waals surface area contributed by atoms with Gasteiger partial charge in [-0.2, -0.15) is 0 Å². The van der Waals surface area contributed by atoms with Crippen molar-refractivity contribution < 1.29 is 4.79 Å². The van der Waals surface area contributed by atoms with Crippen LogP contribution in [0.25, 0.3) is 0 Å². The van der Waals surface area contributed by atoms with Gasteiger partial charge in [-0.05, 0) is 25.7 Å². The van der Waals surface area contributed by atoms with E-state index in [2.05, 4.69) is 9.55 Å². The van der Waals surface area contributed by atoms with E-state index in [4.69, 9.17) is 0 Å². The minimum Gasteiger partial charge on any atom is -0.383 e. The second-order valence-electron chi connectivity index (χ2n) is 5.63. The number of hydrogen-bond acceptors (Lipinski definition) is 3. The van der Waals surface area contributed by atoms with Gasteiger partial charge in [-0.1, -0.05) is 0 Å². The Morgan fingerprint density at radius 3 is 2.78 bits per heavy atom. The molecule has 0 bridgehead atoms. The number of nitrogens with zero attached hydrogens (tertiary/aromatic N) is 3. The van der Waals surface area contributed by atoms with E-state index >= 15 is 0 Å². The van der Waals surface area contributed by atoms with E-state index in [1.54, 1.807) is 0 Å². The average molecular weight is 245 g/mol. The van der Waals surface area contributed by atoms with Crippen LogP contribution in [-0.2, 0) is 13.0 Å². The monoisotopic (exact) mass is 245 g/mol. The summed E-state index contributed by atoms with van der Waals surface area (Å²) in [5.41, 5.74) is 2.67. The fourth-order valence-electron chi connectivity index (χ4n) is 2.61. The van der Waals surface area contributed by atoms with E-state index < -0.39 is 0 Å². The molecule has 2 aliphatic carbocycles. The van der Waals surface area contributed by atoms with Crippen LogP contribution in [0.4, 0.5) is 0 Å². The Balaban J connectivity index is 1.96. The van der Waals surface area contributed by atoms with Crippen molar-refractivity contribution in [1.82, 2.24) is 14.5 Å². The highest BCUT2D eigenvalue weighted by molar-refractivity contribution is 6.11. The molecule has 0 N–H and O–H groups in total. The summed E-state index contributed by atoms with van der Waals surface area (Å²) in [7, 11) is 3.89. The molecule has 1 aromatic rings. The molecule has 1 heterocycles. The number of imidazole rings is 1. The molecule has 0 amide bonds. The van der Waals surface area contributed by atoms with Crippen LogP contribution in [0, 0.1) is 12.8 Å². The lowest BCUT2D eigenvalue weighted by molar-refractivity contribution is 0.102. The molecule has 0 atom stereocenters. The first-order valence-electron chi connectivity index (χ1n) is 6.54. The Bertz CT molecular complexity index is 535. The minimum absolute atomic E-state index is 0.167. The number of hydrogen-bond donors (Lipinski definition) is 0. The van der Waals surface area contributed by atoms with Gasteiger partial charge in [0.2, 0.25) is 5.78 Å². The van der Waals surface area contributed by atoms with E-state index in [9.17, 15) is 4.79 Å². The van der Waals surface area contributed by atoms with E-state index in [1.807, 2.05) is 32.1 Å². The number of Topliss-reactive ketones (excluding diaryl/α,β-unsaturated/α-hetero) is 1. The maximum Gasteiger partial charge on any atom is 0.209 e. The topological polar surface area (TPSA) is 38.1 Å². The number of aryl methyl sites for hydroxylation is 1. The van der Waals surface area contributed by atoms with Gasteiger partial charge < -0.3 is 9.47 Å². The van der Waals surface area contributed by atoms with Crippen molar-refractivity contribution in [3.63, 3.8) is 0 Å². The zero-order chi connectivity index (χ0) is 12.9. The number of carbonyl (C=O) groups excluding carboxylic acids is 1. The van der Waals surface area contributed by atoms with Crippen LogP contribution in [0.1, 0.15) is 34.8 Å². The van der Waals surface area contributed by atoms with Gasteiger partial charge in [-0.25, -0.2) is 4.98 Å². The molecule has 0 saturated heterocycles. The first-order chi connectivity index (χ1) is 8.56. The summed E-state index contributed by atoms with van der Waals surface area (Å²) in [5, 5.41) is 0. The molecule has 0 unspecified atom stereocenters. The zero-order valence-electron chi connectivity index (χ0n) is 11.2. The van der Waals surface area contributed by atoms with Gasteiger partial charge in [-0.15, -0.1) is 0 Å². The summed E-state index contributed by atoms with van der Waals surface area (Å²) in [6.45, 7) is 2.97. The second-order valence-corrected chi connectivity index (χ2v) is 5.63. The van der Waals surface area contributed by atoms with Crippen molar-refractivity contribution in [2.45, 2.75) is 32.7 Å². The highest BCUT2D eigenvalue weighted by atomic mass is 16.1. The van der Waals surface area contributed by atoms with Gasteiger partial charge in [0.15, 0.2) is 0 Å². The summed E-state index contributed by atoms with van der Waals surface area (Å²) in [6, 6.07) is 0. The van der Waals surface area contributed by atoms with Crippen LogP contribution in [0.3, 0.4) is 0 Å². The molecule has 0 aromatic carbocycles. The second kappa shape index (κ2) is 3.97. The number of carbonyl (C=O) groups is 1. The van der Waals surface area contributed by atoms with E-state index in [1.165, 1.54) is 12.8 Å². The predicted molar refractivity (Wildman–Crippen MR) is 69.5 cm³/mol. The largest absolute Gasteiger partial charge is 0.383 e. The molecule has 0 aliphatic heterocycles. The third-order valence-corrected chi connectivity index (χ3v) is 3.65. The van der Waals surface area contributed by atoms with Gasteiger partial charge in [0.25, 0.3) is 0 Å². The molecule has 2 aliphatic rings. The van der Waals surface area contributed by atoms with Gasteiger partial charge in [0, 0.05) is 38.8 Å². The number of ketones is 1. The molecular weight excluding hydrogens is 226 g/mol. The minimum atomic E-state index is 0.167.